The van der Waals surface area contributed by atoms with E-state index in [1.807, 2.05) is 0 Å². The van der Waals surface area contributed by atoms with E-state index in [0.717, 1.165) is 0 Å². The number of nitrogens with zero attached hydrogens (tertiary/aromatic N) is 1. The Hall–Kier alpha value is -2.95. The van der Waals surface area contributed by atoms with Crippen molar-refractivity contribution < 1.29 is 19.2 Å². The number of nitro groups is 1. The molecular weight excluding hydrogens is 443 g/mol. The van der Waals surface area contributed by atoms with E-state index in [2.05, 4.69) is 16.2 Å². The minimum atomic E-state index is -0.936. The lowest BCUT2D eigenvalue weighted by atomic mass is 10.2. The Labute approximate surface area is 180 Å². The third-order valence-electron chi connectivity index (χ3n) is 3.43. The molecule has 0 saturated carbocycles. The Balaban J connectivity index is 1.83. The Morgan fingerprint density at radius 2 is 1.79 bits per heavy atom. The molecule has 3 N–H and O–H groups in total. The first-order valence-electron chi connectivity index (χ1n) is 7.94. The second kappa shape index (κ2) is 10.0. The number of hydrazine groups is 1. The predicted octanol–water partition coefficient (Wildman–Crippen LogP) is 3.00. The third kappa shape index (κ3) is 6.56. The van der Waals surface area contributed by atoms with Crippen LogP contribution in [0.1, 0.15) is 17.3 Å². The van der Waals surface area contributed by atoms with E-state index in [-0.39, 0.29) is 27.1 Å². The van der Waals surface area contributed by atoms with Gasteiger partial charge in [0.25, 0.3) is 17.5 Å². The van der Waals surface area contributed by atoms with Gasteiger partial charge in [0.2, 0.25) is 0 Å². The maximum absolute atomic E-state index is 12.1. The van der Waals surface area contributed by atoms with Crippen molar-refractivity contribution >= 4 is 58.0 Å². The van der Waals surface area contributed by atoms with Gasteiger partial charge < -0.3 is 4.74 Å². The van der Waals surface area contributed by atoms with Crippen molar-refractivity contribution in [3.63, 3.8) is 0 Å². The maximum atomic E-state index is 12.1. The zero-order chi connectivity index (χ0) is 21.6. The van der Waals surface area contributed by atoms with Gasteiger partial charge in [-0.25, -0.2) is 0 Å². The average molecular weight is 457 g/mol. The molecule has 0 aliphatic heterocycles. The average Bonchev–Trinajstić information content (AvgIpc) is 2.68. The molecule has 0 aliphatic rings. The predicted molar refractivity (Wildman–Crippen MR) is 111 cm³/mol. The van der Waals surface area contributed by atoms with Crippen LogP contribution >= 0.6 is 35.4 Å². The first kappa shape index (κ1) is 22.3. The van der Waals surface area contributed by atoms with Crippen LogP contribution in [0.5, 0.6) is 5.75 Å². The molecule has 0 radical (unpaired) electrons. The van der Waals surface area contributed by atoms with Gasteiger partial charge >= 0.3 is 0 Å². The van der Waals surface area contributed by atoms with Crippen LogP contribution < -0.4 is 20.9 Å². The fraction of sp³-hybridized carbons (Fsp3) is 0.118. The number of carbonyl (C=O) groups is 2. The smallest absolute Gasteiger partial charge is 0.279 e. The summed E-state index contributed by atoms with van der Waals surface area (Å²) < 4.78 is 5.45. The first-order chi connectivity index (χ1) is 13.7. The molecule has 2 aromatic carbocycles. The fourth-order valence-corrected chi connectivity index (χ4v) is 2.57. The second-order valence-corrected chi connectivity index (χ2v) is 6.79. The highest BCUT2D eigenvalue weighted by Crippen LogP contribution is 2.28. The number of amides is 2. The van der Waals surface area contributed by atoms with Gasteiger partial charge in [-0.1, -0.05) is 23.2 Å². The lowest BCUT2D eigenvalue weighted by molar-refractivity contribution is -0.384. The standard InChI is InChI=1S/C17H14Cl2N4O5S/c1-9(28-14-7-4-11(18)8-13(14)19)15(24)21-22-17(29)20-16(25)10-2-5-12(6-3-10)23(26)27/h2-9H,1H3,(H,21,24)(H2,20,22,25,29). The van der Waals surface area contributed by atoms with E-state index in [4.69, 9.17) is 40.2 Å². The van der Waals surface area contributed by atoms with Crippen molar-refractivity contribution in [1.29, 1.82) is 0 Å². The van der Waals surface area contributed by atoms with Crippen LogP contribution in [0.3, 0.4) is 0 Å². The molecule has 0 bridgehead atoms. The number of halogens is 2. The van der Waals surface area contributed by atoms with Gasteiger partial charge in [-0.05, 0) is 49.5 Å². The number of non-ortho nitro benzene ring substituents is 1. The molecule has 2 rings (SSSR count). The lowest BCUT2D eigenvalue weighted by Gasteiger charge is -2.17. The van der Waals surface area contributed by atoms with Crippen LogP contribution in [0.25, 0.3) is 0 Å². The van der Waals surface area contributed by atoms with E-state index >= 15 is 0 Å². The molecule has 0 aromatic heterocycles. The first-order valence-corrected chi connectivity index (χ1v) is 9.11. The summed E-state index contributed by atoms with van der Waals surface area (Å²) in [6.45, 7) is 1.49. The van der Waals surface area contributed by atoms with Crippen molar-refractivity contribution in [2.75, 3.05) is 0 Å². The number of hydrogen-bond acceptors (Lipinski definition) is 6. The fourth-order valence-electron chi connectivity index (χ4n) is 1.98. The number of hydrogen-bond donors (Lipinski definition) is 3. The minimum absolute atomic E-state index is 0.149. The summed E-state index contributed by atoms with van der Waals surface area (Å²) in [5, 5.41) is 13.4. The molecular formula is C17H14Cl2N4O5S. The number of ether oxygens (including phenoxy) is 1. The molecule has 12 heteroatoms. The molecule has 2 amide bonds. The number of nitrogens with one attached hydrogen (secondary N) is 3. The van der Waals surface area contributed by atoms with Gasteiger partial charge in [0.15, 0.2) is 11.2 Å². The van der Waals surface area contributed by atoms with Crippen LogP contribution in [-0.2, 0) is 4.79 Å². The topological polar surface area (TPSA) is 123 Å². The number of benzene rings is 2. The maximum Gasteiger partial charge on any atom is 0.279 e. The minimum Gasteiger partial charge on any atom is -0.479 e. The summed E-state index contributed by atoms with van der Waals surface area (Å²) in [6.07, 6.45) is -0.936. The van der Waals surface area contributed by atoms with E-state index in [1.54, 1.807) is 6.07 Å². The highest BCUT2D eigenvalue weighted by Gasteiger charge is 2.17. The van der Waals surface area contributed by atoms with E-state index < -0.39 is 22.8 Å². The number of carbonyl (C=O) groups excluding carboxylic acids is 2. The number of nitro benzene ring substituents is 1. The van der Waals surface area contributed by atoms with Gasteiger partial charge in [0, 0.05) is 22.7 Å². The van der Waals surface area contributed by atoms with Crippen LogP contribution in [0.2, 0.25) is 10.0 Å². The van der Waals surface area contributed by atoms with Crippen LogP contribution in [0.15, 0.2) is 42.5 Å². The number of thiocarbonyl (C=S) groups is 1. The summed E-state index contributed by atoms with van der Waals surface area (Å²) in [6, 6.07) is 9.50. The van der Waals surface area contributed by atoms with Crippen LogP contribution in [-0.4, -0.2) is 28.0 Å². The van der Waals surface area contributed by atoms with Crippen LogP contribution in [0, 0.1) is 10.1 Å². The SMILES string of the molecule is CC(Oc1ccc(Cl)cc1Cl)C(=O)NNC(=S)NC(=O)c1ccc([N+](=O)[O-])cc1. The van der Waals surface area contributed by atoms with Crippen LogP contribution in [0.4, 0.5) is 5.69 Å². The second-order valence-electron chi connectivity index (χ2n) is 5.54. The molecule has 2 aromatic rings. The molecule has 152 valence electrons. The molecule has 0 spiro atoms. The molecule has 1 atom stereocenters. The molecule has 0 fully saturated rings. The van der Waals surface area contributed by atoms with E-state index in [9.17, 15) is 19.7 Å². The van der Waals surface area contributed by atoms with Crippen molar-refractivity contribution in [1.82, 2.24) is 16.2 Å². The van der Waals surface area contributed by atoms with Gasteiger partial charge in [-0.2, -0.15) is 0 Å². The highest BCUT2D eigenvalue weighted by atomic mass is 35.5. The molecule has 0 aliphatic carbocycles. The summed E-state index contributed by atoms with van der Waals surface area (Å²) in [4.78, 5) is 34.2. The molecule has 0 heterocycles. The summed E-state index contributed by atoms with van der Waals surface area (Å²) >= 11 is 16.7. The van der Waals surface area contributed by atoms with Crippen molar-refractivity contribution in [2.45, 2.75) is 13.0 Å². The monoisotopic (exact) mass is 456 g/mol. The van der Waals surface area contributed by atoms with Crippen molar-refractivity contribution in [2.24, 2.45) is 0 Å². The zero-order valence-corrected chi connectivity index (χ0v) is 17.1. The molecule has 0 saturated heterocycles. The molecule has 29 heavy (non-hydrogen) atoms. The zero-order valence-electron chi connectivity index (χ0n) is 14.8. The molecule has 1 unspecified atom stereocenters. The normalized spacial score (nSPS) is 11.1. The number of rotatable bonds is 5. The molecule has 9 nitrogen and oxygen atoms in total. The van der Waals surface area contributed by atoms with Gasteiger partial charge in [-0.3, -0.25) is 35.9 Å². The van der Waals surface area contributed by atoms with E-state index in [0.29, 0.717) is 5.02 Å². The van der Waals surface area contributed by atoms with Gasteiger partial charge in [-0.15, -0.1) is 0 Å². The summed E-state index contributed by atoms with van der Waals surface area (Å²) in [5.41, 5.74) is 4.65. The Bertz CT molecular complexity index is 955. The highest BCUT2D eigenvalue weighted by molar-refractivity contribution is 7.80. The Morgan fingerprint density at radius 1 is 1.14 bits per heavy atom. The van der Waals surface area contributed by atoms with E-state index in [1.165, 1.54) is 43.3 Å². The Kier molecular flexibility index (Phi) is 7.71. The third-order valence-corrected chi connectivity index (χ3v) is 4.17. The van der Waals surface area contributed by atoms with Gasteiger partial charge in [0.05, 0.1) is 9.95 Å². The summed E-state index contributed by atoms with van der Waals surface area (Å²) in [5.74, 6) is -0.917. The quantitative estimate of drug-likeness (QED) is 0.358. The van der Waals surface area contributed by atoms with Gasteiger partial charge in [0.1, 0.15) is 5.75 Å². The Morgan fingerprint density at radius 3 is 2.38 bits per heavy atom. The lowest BCUT2D eigenvalue weighted by Crippen LogP contribution is -2.51. The summed E-state index contributed by atoms with van der Waals surface area (Å²) in [7, 11) is 0. The van der Waals surface area contributed by atoms with Crippen molar-refractivity contribution in [3.8, 4) is 5.75 Å². The largest absolute Gasteiger partial charge is 0.479 e. The van der Waals surface area contributed by atoms with Crippen molar-refractivity contribution in [3.05, 3.63) is 68.2 Å².